The standard InChI is InChI=1S/C28H22F3N7O/c1-17-5-6-19(10-25(17)37-27-33-9-7-24(36-27)20-4-3-8-32-14-20)26(39)35-22-11-21(28(29,30)31)12-23(13-22)38-15-18(2)34-16-38/h3-16H,1-2H3,(H,35,39)(H,33,36,37)/i3D,4D,5D,6D,7D,8D,9D,10D,14D,15D,16D. The van der Waals surface area contributed by atoms with Gasteiger partial charge >= 0.3 is 6.18 Å². The molecule has 0 radical (unpaired) electrons. The Morgan fingerprint density at radius 3 is 2.67 bits per heavy atom. The monoisotopic (exact) mass is 540 g/mol. The van der Waals surface area contributed by atoms with Crippen molar-refractivity contribution in [1.29, 1.82) is 0 Å². The molecule has 0 spiro atoms. The maximum absolute atomic E-state index is 13.9. The van der Waals surface area contributed by atoms with Crippen molar-refractivity contribution in [2.45, 2.75) is 20.0 Å². The third kappa shape index (κ3) is 5.93. The number of nitrogens with zero attached hydrogens (tertiary/aromatic N) is 5. The minimum Gasteiger partial charge on any atom is -0.324 e. The lowest BCUT2D eigenvalue weighted by atomic mass is 10.1. The van der Waals surface area contributed by atoms with Crippen molar-refractivity contribution in [3.05, 3.63) is 108 Å². The normalized spacial score (nSPS) is 15.3. The highest BCUT2D eigenvalue weighted by molar-refractivity contribution is 6.05. The predicted molar refractivity (Wildman–Crippen MR) is 141 cm³/mol. The number of amides is 1. The number of benzene rings is 2. The van der Waals surface area contributed by atoms with Crippen molar-refractivity contribution >= 4 is 23.2 Å². The van der Waals surface area contributed by atoms with Crippen LogP contribution in [0.1, 0.15) is 42.3 Å². The van der Waals surface area contributed by atoms with Gasteiger partial charge in [-0.15, -0.1) is 0 Å². The lowest BCUT2D eigenvalue weighted by Crippen LogP contribution is -2.14. The van der Waals surface area contributed by atoms with Gasteiger partial charge in [0.1, 0.15) is 1.37 Å². The van der Waals surface area contributed by atoms with E-state index >= 15 is 0 Å². The van der Waals surface area contributed by atoms with Crippen LogP contribution in [0.15, 0.2) is 85.4 Å². The van der Waals surface area contributed by atoms with Gasteiger partial charge in [0.2, 0.25) is 5.95 Å². The van der Waals surface area contributed by atoms with Crippen LogP contribution >= 0.6 is 0 Å². The molecule has 0 fully saturated rings. The minimum absolute atomic E-state index is 0.0631. The summed E-state index contributed by atoms with van der Waals surface area (Å²) in [6, 6.07) is -1.83. The summed E-state index contributed by atoms with van der Waals surface area (Å²) < 4.78 is 132. The molecule has 3 heterocycles. The zero-order chi connectivity index (χ0) is 37.1. The highest BCUT2D eigenvalue weighted by Gasteiger charge is 2.31. The summed E-state index contributed by atoms with van der Waals surface area (Å²) in [7, 11) is 0. The van der Waals surface area contributed by atoms with Gasteiger partial charge in [-0.25, -0.2) is 15.0 Å². The van der Waals surface area contributed by atoms with Crippen molar-refractivity contribution < 1.29 is 33.0 Å². The third-order valence-electron chi connectivity index (χ3n) is 5.07. The highest BCUT2D eigenvalue weighted by atomic mass is 19.4. The average Bonchev–Trinajstić information content (AvgIpc) is 3.28. The number of pyridine rings is 1. The molecular formula is C28H22F3N7O. The maximum atomic E-state index is 13.9. The molecule has 5 rings (SSSR count). The van der Waals surface area contributed by atoms with Crippen molar-refractivity contribution in [3.63, 3.8) is 0 Å². The quantitative estimate of drug-likeness (QED) is 0.260. The molecule has 8 nitrogen and oxygen atoms in total. The Kier molecular flexibility index (Phi) is 4.09. The van der Waals surface area contributed by atoms with Crippen LogP contribution < -0.4 is 10.6 Å². The predicted octanol–water partition coefficient (Wildman–Crippen LogP) is 6.36. The van der Waals surface area contributed by atoms with Gasteiger partial charge in [-0.2, -0.15) is 13.2 Å². The Bertz CT molecular complexity index is 2250. The number of hydrogen-bond acceptors (Lipinski definition) is 6. The Labute approximate surface area is 237 Å². The van der Waals surface area contributed by atoms with Crippen LogP contribution in [0.3, 0.4) is 0 Å². The van der Waals surface area contributed by atoms with Crippen LogP contribution in [-0.2, 0) is 6.18 Å². The topological polar surface area (TPSA) is 97.6 Å². The minimum atomic E-state index is -4.93. The van der Waals surface area contributed by atoms with Crippen molar-refractivity contribution in [1.82, 2.24) is 24.5 Å². The fourth-order valence-corrected chi connectivity index (χ4v) is 3.26. The number of aromatic nitrogens is 5. The van der Waals surface area contributed by atoms with E-state index in [0.717, 1.165) is 10.6 Å². The molecule has 2 N–H and O–H groups in total. The number of aryl methyl sites for hydroxylation is 1. The molecule has 0 saturated carbocycles. The summed E-state index contributed by atoms with van der Waals surface area (Å²) in [6.07, 6.45) is -7.93. The Morgan fingerprint density at radius 1 is 1.05 bits per heavy atom. The summed E-state index contributed by atoms with van der Waals surface area (Å²) in [5.41, 5.74) is -4.14. The first kappa shape index (κ1) is 15.4. The van der Waals surface area contributed by atoms with Gasteiger partial charge in [-0.1, -0.05) is 6.04 Å². The van der Waals surface area contributed by atoms with Gasteiger partial charge in [0.05, 0.1) is 37.0 Å². The number of hydrogen-bond donors (Lipinski definition) is 2. The Hall–Kier alpha value is -5.06. The van der Waals surface area contributed by atoms with Gasteiger partial charge in [-0.3, -0.25) is 9.78 Å². The molecule has 3 aromatic heterocycles. The fraction of sp³-hybridized carbons (Fsp3) is 0.107. The fourth-order valence-electron chi connectivity index (χ4n) is 3.26. The number of carbonyl (C=O) groups excluding carboxylic acids is 1. The molecule has 0 saturated heterocycles. The zero-order valence-corrected chi connectivity index (χ0v) is 20.0. The SMILES string of the molecule is [2H]c1nc(Nc2c([2H])c(C(=O)Nc3cc(-n4c([2H])nc(C)c4[2H])cc(C(F)(F)F)c3)c([2H])c([2H])c2C)nc(-c2c([2H])nc([2H])c([2H])c2[2H])c1[2H]. The van der Waals surface area contributed by atoms with Gasteiger partial charge < -0.3 is 15.2 Å². The van der Waals surface area contributed by atoms with Crippen molar-refractivity contribution in [2.24, 2.45) is 0 Å². The van der Waals surface area contributed by atoms with Gasteiger partial charge in [0.25, 0.3) is 5.91 Å². The summed E-state index contributed by atoms with van der Waals surface area (Å²) in [6.45, 7) is 2.69. The Balaban J connectivity index is 1.59. The summed E-state index contributed by atoms with van der Waals surface area (Å²) >= 11 is 0. The van der Waals surface area contributed by atoms with Crippen LogP contribution in [0.4, 0.5) is 30.5 Å². The van der Waals surface area contributed by atoms with E-state index in [1.807, 2.05) is 0 Å². The first-order valence-corrected chi connectivity index (χ1v) is 11.0. The van der Waals surface area contributed by atoms with Crippen LogP contribution in [0.25, 0.3) is 16.9 Å². The van der Waals surface area contributed by atoms with Gasteiger partial charge in [-0.05, 0) is 67.8 Å². The van der Waals surface area contributed by atoms with E-state index in [9.17, 15) is 18.0 Å². The molecule has 11 heteroatoms. The van der Waals surface area contributed by atoms with Gasteiger partial charge in [0.15, 0.2) is 0 Å². The van der Waals surface area contributed by atoms with E-state index in [4.69, 9.17) is 15.1 Å². The van der Waals surface area contributed by atoms with Crippen molar-refractivity contribution in [3.8, 4) is 16.9 Å². The lowest BCUT2D eigenvalue weighted by Gasteiger charge is -2.14. The second kappa shape index (κ2) is 10.4. The molecule has 2 aromatic carbocycles. The van der Waals surface area contributed by atoms with Crippen LogP contribution in [-0.4, -0.2) is 30.4 Å². The summed E-state index contributed by atoms with van der Waals surface area (Å²) in [4.78, 5) is 28.7. The van der Waals surface area contributed by atoms with Crippen molar-refractivity contribution in [2.75, 3.05) is 10.6 Å². The number of halogens is 3. The number of nitrogens with one attached hydrogen (secondary N) is 2. The Morgan fingerprint density at radius 2 is 1.90 bits per heavy atom. The second-order valence-electron chi connectivity index (χ2n) is 7.93. The summed E-state index contributed by atoms with van der Waals surface area (Å²) in [5, 5.41) is 4.76. The molecule has 0 aliphatic rings. The zero-order valence-electron chi connectivity index (χ0n) is 31.0. The average molecular weight is 541 g/mol. The third-order valence-corrected chi connectivity index (χ3v) is 5.07. The molecule has 5 aromatic rings. The van der Waals surface area contributed by atoms with Crippen LogP contribution in [0, 0.1) is 13.8 Å². The largest absolute Gasteiger partial charge is 0.416 e. The molecular weight excluding hydrogens is 507 g/mol. The highest BCUT2D eigenvalue weighted by Crippen LogP contribution is 2.33. The van der Waals surface area contributed by atoms with E-state index in [2.05, 4.69) is 30.6 Å². The molecule has 1 amide bonds. The molecule has 196 valence electrons. The number of rotatable bonds is 6. The number of anilines is 3. The molecule has 0 aliphatic carbocycles. The van der Waals surface area contributed by atoms with E-state index in [-0.39, 0.29) is 28.8 Å². The smallest absolute Gasteiger partial charge is 0.324 e. The van der Waals surface area contributed by atoms with Crippen LogP contribution in [0.2, 0.25) is 0 Å². The number of imidazole rings is 1. The first-order chi connectivity index (χ1) is 23.2. The van der Waals surface area contributed by atoms with Crippen LogP contribution in [0.5, 0.6) is 0 Å². The van der Waals surface area contributed by atoms with E-state index < -0.39 is 107 Å². The maximum Gasteiger partial charge on any atom is 0.416 e. The molecule has 39 heavy (non-hydrogen) atoms. The molecule has 0 aliphatic heterocycles. The number of alkyl halides is 3. The molecule has 0 unspecified atom stereocenters. The molecule has 0 atom stereocenters. The van der Waals surface area contributed by atoms with E-state index in [1.54, 1.807) is 0 Å². The second-order valence-corrected chi connectivity index (χ2v) is 7.93. The summed E-state index contributed by atoms with van der Waals surface area (Å²) in [5.74, 6) is -1.79. The van der Waals surface area contributed by atoms with Gasteiger partial charge in [0, 0.05) is 52.9 Å². The molecule has 0 bridgehead atoms. The first-order valence-electron chi connectivity index (χ1n) is 16.5. The lowest BCUT2D eigenvalue weighted by molar-refractivity contribution is -0.137. The number of carbonyl (C=O) groups is 1. The van der Waals surface area contributed by atoms with E-state index in [1.165, 1.54) is 13.8 Å². The van der Waals surface area contributed by atoms with E-state index in [0.29, 0.717) is 12.1 Å².